The highest BCUT2D eigenvalue weighted by atomic mass is 14.3. The van der Waals surface area contributed by atoms with Crippen LogP contribution in [0, 0.1) is 0 Å². The number of rotatable bonds is 6. The average Bonchev–Trinajstić information content (AvgIpc) is 2.83. The van der Waals surface area contributed by atoms with Gasteiger partial charge in [-0.25, -0.2) is 0 Å². The second kappa shape index (κ2) is 10.8. The van der Waals surface area contributed by atoms with E-state index in [-0.39, 0.29) is 0 Å². The van der Waals surface area contributed by atoms with Gasteiger partial charge in [0, 0.05) is 0 Å². The zero-order chi connectivity index (χ0) is 23.5. The fraction of sp³-hybridized carbons (Fsp3) is 0.636. The molecule has 2 fully saturated rings. The summed E-state index contributed by atoms with van der Waals surface area (Å²) in [5, 5.41) is 0. The van der Waals surface area contributed by atoms with Crippen molar-refractivity contribution in [2.75, 3.05) is 0 Å². The topological polar surface area (TPSA) is 0 Å². The van der Waals surface area contributed by atoms with Gasteiger partial charge in [-0.2, -0.15) is 0 Å². The van der Waals surface area contributed by atoms with Gasteiger partial charge in [0.25, 0.3) is 0 Å². The van der Waals surface area contributed by atoms with Crippen LogP contribution in [0.3, 0.4) is 0 Å². The second-order valence-corrected chi connectivity index (χ2v) is 12.0. The van der Waals surface area contributed by atoms with Gasteiger partial charge in [0.2, 0.25) is 0 Å². The first-order chi connectivity index (χ1) is 15.9. The molecule has 0 saturated heterocycles. The Bertz CT molecular complexity index is 917. The van der Waals surface area contributed by atoms with Crippen molar-refractivity contribution in [1.82, 2.24) is 0 Å². The van der Waals surface area contributed by atoms with Gasteiger partial charge in [-0.1, -0.05) is 110 Å². The van der Waals surface area contributed by atoms with E-state index in [0.29, 0.717) is 17.8 Å². The standard InChI is InChI=1S/C33H48/c1-22(2)27-17-18-29(31(21-27)23(3)4)30-20-19-28(25-13-9-7-10-14-25)33(32(30)24(5)6)26-15-11-8-12-16-26/h17-26H,7-16H2,1-6H3. The van der Waals surface area contributed by atoms with E-state index >= 15 is 0 Å². The molecule has 2 aromatic carbocycles. The van der Waals surface area contributed by atoms with Crippen molar-refractivity contribution in [3.05, 3.63) is 58.1 Å². The fourth-order valence-electron chi connectivity index (χ4n) is 6.79. The van der Waals surface area contributed by atoms with Crippen molar-refractivity contribution in [2.24, 2.45) is 0 Å². The highest BCUT2D eigenvalue weighted by Crippen LogP contribution is 2.48. The van der Waals surface area contributed by atoms with Crippen molar-refractivity contribution in [3.8, 4) is 11.1 Å². The van der Waals surface area contributed by atoms with E-state index in [1.807, 2.05) is 0 Å². The molecule has 0 spiro atoms. The number of hydrogen-bond acceptors (Lipinski definition) is 0. The lowest BCUT2D eigenvalue weighted by Crippen LogP contribution is -2.16. The maximum absolute atomic E-state index is 2.58. The lowest BCUT2D eigenvalue weighted by Gasteiger charge is -2.34. The average molecular weight is 445 g/mol. The molecule has 0 atom stereocenters. The number of hydrogen-bond donors (Lipinski definition) is 0. The summed E-state index contributed by atoms with van der Waals surface area (Å²) in [6.45, 7) is 14.3. The van der Waals surface area contributed by atoms with E-state index in [9.17, 15) is 0 Å². The molecule has 0 heterocycles. The molecule has 0 radical (unpaired) electrons. The van der Waals surface area contributed by atoms with E-state index in [2.05, 4.69) is 71.9 Å². The van der Waals surface area contributed by atoms with Gasteiger partial charge in [-0.15, -0.1) is 0 Å². The van der Waals surface area contributed by atoms with Crippen molar-refractivity contribution in [1.29, 1.82) is 0 Å². The van der Waals surface area contributed by atoms with Gasteiger partial charge in [0.05, 0.1) is 0 Å². The summed E-state index contributed by atoms with van der Waals surface area (Å²) in [6.07, 6.45) is 14.1. The zero-order valence-electron chi connectivity index (χ0n) is 22.3. The fourth-order valence-corrected chi connectivity index (χ4v) is 6.79. The van der Waals surface area contributed by atoms with Gasteiger partial charge < -0.3 is 0 Å². The van der Waals surface area contributed by atoms with E-state index in [1.165, 1.54) is 86.5 Å². The largest absolute Gasteiger partial charge is 0.0587 e. The van der Waals surface area contributed by atoms with Crippen LogP contribution in [0.4, 0.5) is 0 Å². The summed E-state index contributed by atoms with van der Waals surface area (Å²) in [5.74, 6) is 3.23. The molecule has 0 aromatic heterocycles. The Morgan fingerprint density at radius 1 is 0.576 bits per heavy atom. The summed E-state index contributed by atoms with van der Waals surface area (Å²) < 4.78 is 0. The molecule has 33 heavy (non-hydrogen) atoms. The van der Waals surface area contributed by atoms with Crippen molar-refractivity contribution >= 4 is 0 Å². The van der Waals surface area contributed by atoms with Crippen LogP contribution in [0.5, 0.6) is 0 Å². The first-order valence-corrected chi connectivity index (χ1v) is 14.2. The lowest BCUT2D eigenvalue weighted by atomic mass is 9.71. The van der Waals surface area contributed by atoms with E-state index < -0.39 is 0 Å². The summed E-state index contributed by atoms with van der Waals surface area (Å²) >= 11 is 0. The van der Waals surface area contributed by atoms with Gasteiger partial charge in [0.1, 0.15) is 0 Å². The highest BCUT2D eigenvalue weighted by Gasteiger charge is 2.29. The highest BCUT2D eigenvalue weighted by molar-refractivity contribution is 5.75. The third-order valence-corrected chi connectivity index (χ3v) is 8.61. The molecule has 2 aromatic rings. The molecule has 180 valence electrons. The van der Waals surface area contributed by atoms with Crippen LogP contribution in [0.15, 0.2) is 30.3 Å². The molecular formula is C33H48. The minimum Gasteiger partial charge on any atom is -0.0587 e. The Hall–Kier alpha value is -1.56. The predicted molar refractivity (Wildman–Crippen MR) is 146 cm³/mol. The molecule has 0 bridgehead atoms. The van der Waals surface area contributed by atoms with Crippen molar-refractivity contribution in [3.63, 3.8) is 0 Å². The van der Waals surface area contributed by atoms with Gasteiger partial charge in [-0.3, -0.25) is 0 Å². The normalized spacial score (nSPS) is 18.6. The lowest BCUT2D eigenvalue weighted by molar-refractivity contribution is 0.416. The molecule has 0 aliphatic heterocycles. The first-order valence-electron chi connectivity index (χ1n) is 14.2. The quantitative estimate of drug-likeness (QED) is 0.415. The van der Waals surface area contributed by atoms with Crippen LogP contribution in [0.25, 0.3) is 11.1 Å². The molecule has 0 amide bonds. The van der Waals surface area contributed by atoms with Crippen LogP contribution in [0.2, 0.25) is 0 Å². The molecule has 4 rings (SSSR count). The van der Waals surface area contributed by atoms with E-state index in [1.54, 1.807) is 16.7 Å². The van der Waals surface area contributed by atoms with Crippen molar-refractivity contribution in [2.45, 2.75) is 135 Å². The Labute approximate surface area is 204 Å². The molecule has 0 nitrogen and oxygen atoms in total. The van der Waals surface area contributed by atoms with Crippen LogP contribution >= 0.6 is 0 Å². The molecule has 0 N–H and O–H groups in total. The third-order valence-electron chi connectivity index (χ3n) is 8.61. The molecule has 2 aliphatic carbocycles. The number of benzene rings is 2. The van der Waals surface area contributed by atoms with Gasteiger partial charge in [0.15, 0.2) is 0 Å². The Kier molecular flexibility index (Phi) is 8.03. The third kappa shape index (κ3) is 5.26. The van der Waals surface area contributed by atoms with Crippen LogP contribution in [0.1, 0.15) is 163 Å². The molecule has 2 aliphatic rings. The Morgan fingerprint density at radius 2 is 1.15 bits per heavy atom. The summed E-state index contributed by atoms with van der Waals surface area (Å²) in [4.78, 5) is 0. The molecule has 0 unspecified atom stereocenters. The zero-order valence-corrected chi connectivity index (χ0v) is 22.3. The minimum atomic E-state index is 0.537. The van der Waals surface area contributed by atoms with Crippen LogP contribution in [-0.2, 0) is 0 Å². The molecule has 0 heteroatoms. The monoisotopic (exact) mass is 444 g/mol. The van der Waals surface area contributed by atoms with Crippen LogP contribution < -0.4 is 0 Å². The predicted octanol–water partition coefficient (Wildman–Crippen LogP) is 10.8. The van der Waals surface area contributed by atoms with Crippen molar-refractivity contribution < 1.29 is 0 Å². The summed E-state index contributed by atoms with van der Waals surface area (Å²) in [5.41, 5.74) is 11.2. The van der Waals surface area contributed by atoms with E-state index in [4.69, 9.17) is 0 Å². The van der Waals surface area contributed by atoms with Crippen LogP contribution in [-0.4, -0.2) is 0 Å². The maximum Gasteiger partial charge on any atom is -0.0143 e. The smallest absolute Gasteiger partial charge is 0.0143 e. The Morgan fingerprint density at radius 3 is 1.70 bits per heavy atom. The molecule has 2 saturated carbocycles. The first kappa shape index (κ1) is 24.6. The SMILES string of the molecule is CC(C)c1ccc(-c2ccc(C3CCCCC3)c(C3CCCCC3)c2C(C)C)c(C(C)C)c1. The second-order valence-electron chi connectivity index (χ2n) is 12.0. The van der Waals surface area contributed by atoms with Gasteiger partial charge in [-0.05, 0) is 94.2 Å². The Balaban J connectivity index is 1.93. The van der Waals surface area contributed by atoms with E-state index in [0.717, 1.165) is 11.8 Å². The summed E-state index contributed by atoms with van der Waals surface area (Å²) in [7, 11) is 0. The van der Waals surface area contributed by atoms with Gasteiger partial charge >= 0.3 is 0 Å². The summed E-state index contributed by atoms with van der Waals surface area (Å²) in [6, 6.07) is 12.5. The minimum absolute atomic E-state index is 0.537. The molecular weight excluding hydrogens is 396 g/mol. The maximum atomic E-state index is 2.58.